The highest BCUT2D eigenvalue weighted by atomic mass is 16.5. The van der Waals surface area contributed by atoms with Crippen LogP contribution in [-0.2, 0) is 30.3 Å². The van der Waals surface area contributed by atoms with Crippen LogP contribution in [-0.4, -0.2) is 30.6 Å². The molecule has 1 aromatic rings. The van der Waals surface area contributed by atoms with Crippen molar-refractivity contribution in [2.45, 2.75) is 39.0 Å². The van der Waals surface area contributed by atoms with Crippen LogP contribution in [0.5, 0.6) is 0 Å². The number of rotatable bonds is 11. The first-order valence-electron chi connectivity index (χ1n) is 8.84. The van der Waals surface area contributed by atoms with Gasteiger partial charge in [0.05, 0.1) is 7.11 Å². The molecule has 0 radical (unpaired) electrons. The van der Waals surface area contributed by atoms with E-state index in [0.29, 0.717) is 12.1 Å². The first-order chi connectivity index (χ1) is 12.9. The fraction of sp³-hybridized carbons (Fsp3) is 0.333. The van der Waals surface area contributed by atoms with Gasteiger partial charge in [-0.25, -0.2) is 4.79 Å². The molecule has 0 aliphatic heterocycles. The van der Waals surface area contributed by atoms with Crippen molar-refractivity contribution in [1.29, 1.82) is 0 Å². The van der Waals surface area contributed by atoms with Crippen LogP contribution in [0.2, 0.25) is 0 Å². The van der Waals surface area contributed by atoms with Crippen LogP contribution in [0.4, 0.5) is 5.69 Å². The molecule has 6 nitrogen and oxygen atoms in total. The van der Waals surface area contributed by atoms with Gasteiger partial charge >= 0.3 is 5.97 Å². The van der Waals surface area contributed by atoms with Gasteiger partial charge in [-0.2, -0.15) is 0 Å². The van der Waals surface area contributed by atoms with Gasteiger partial charge in [0, 0.05) is 30.7 Å². The normalized spacial score (nSPS) is 10.9. The minimum Gasteiger partial charge on any atom is -0.466 e. The Hall–Kier alpha value is -3.02. The second-order valence-corrected chi connectivity index (χ2v) is 5.94. The largest absolute Gasteiger partial charge is 0.466 e. The summed E-state index contributed by atoms with van der Waals surface area (Å²) < 4.78 is 4.42. The molecule has 1 rings (SSSR count). The van der Waals surface area contributed by atoms with Crippen LogP contribution >= 0.6 is 0 Å². The summed E-state index contributed by atoms with van der Waals surface area (Å²) in [5, 5.41) is 2.65. The summed E-state index contributed by atoms with van der Waals surface area (Å²) in [5.41, 5.74) is 1.30. The van der Waals surface area contributed by atoms with E-state index in [2.05, 4.69) is 17.0 Å². The second kappa shape index (κ2) is 12.4. The molecule has 0 heterocycles. The number of nitrogens with one attached hydrogen (secondary N) is 1. The van der Waals surface area contributed by atoms with Crippen LogP contribution in [0, 0.1) is 0 Å². The van der Waals surface area contributed by atoms with E-state index in [-0.39, 0.29) is 23.9 Å². The molecule has 0 saturated carbocycles. The van der Waals surface area contributed by atoms with Gasteiger partial charge in [0.2, 0.25) is 5.91 Å². The zero-order valence-corrected chi connectivity index (χ0v) is 15.7. The van der Waals surface area contributed by atoms with Crippen molar-refractivity contribution in [3.05, 3.63) is 54.1 Å². The van der Waals surface area contributed by atoms with Crippen molar-refractivity contribution in [3.8, 4) is 0 Å². The Morgan fingerprint density at radius 3 is 2.22 bits per heavy atom. The van der Waals surface area contributed by atoms with E-state index in [0.717, 1.165) is 30.9 Å². The molecule has 0 saturated heterocycles. The highest BCUT2D eigenvalue weighted by Crippen LogP contribution is 2.11. The first-order valence-corrected chi connectivity index (χ1v) is 8.84. The molecule has 0 spiro atoms. The molecule has 27 heavy (non-hydrogen) atoms. The van der Waals surface area contributed by atoms with E-state index in [4.69, 9.17) is 0 Å². The molecule has 0 aromatic heterocycles. The predicted molar refractivity (Wildman–Crippen MR) is 103 cm³/mol. The van der Waals surface area contributed by atoms with E-state index >= 15 is 0 Å². The standard InChI is InChI=1S/C21H25NO5/c1-3-4-5-6-18(23)11-13-20(25)22-17-9-7-16(8-10-17)15-19(24)12-14-21(26)27-2/h7-14H,3-6,15H2,1-2H3,(H,22,25)/b13-11-,14-12-. The summed E-state index contributed by atoms with van der Waals surface area (Å²) in [7, 11) is 1.24. The molecule has 1 amide bonds. The van der Waals surface area contributed by atoms with Gasteiger partial charge in [-0.1, -0.05) is 31.9 Å². The molecule has 0 aliphatic carbocycles. The van der Waals surface area contributed by atoms with Gasteiger partial charge < -0.3 is 10.1 Å². The quantitative estimate of drug-likeness (QED) is 0.367. The van der Waals surface area contributed by atoms with E-state index < -0.39 is 5.97 Å². The zero-order valence-electron chi connectivity index (χ0n) is 15.7. The predicted octanol–water partition coefficient (Wildman–Crippen LogP) is 3.17. The summed E-state index contributed by atoms with van der Waals surface area (Å²) >= 11 is 0. The topological polar surface area (TPSA) is 89.5 Å². The molecule has 0 atom stereocenters. The lowest BCUT2D eigenvalue weighted by molar-refractivity contribution is -0.135. The number of anilines is 1. The fourth-order valence-corrected chi connectivity index (χ4v) is 2.18. The van der Waals surface area contributed by atoms with E-state index in [1.165, 1.54) is 25.3 Å². The number of benzene rings is 1. The number of unbranched alkanes of at least 4 members (excludes halogenated alkanes) is 2. The van der Waals surface area contributed by atoms with Crippen LogP contribution in [0.25, 0.3) is 0 Å². The monoisotopic (exact) mass is 371 g/mol. The molecule has 0 aliphatic rings. The summed E-state index contributed by atoms with van der Waals surface area (Å²) in [5.74, 6) is -1.27. The summed E-state index contributed by atoms with van der Waals surface area (Å²) in [6.07, 6.45) is 8.22. The van der Waals surface area contributed by atoms with Crippen molar-refractivity contribution >= 4 is 29.1 Å². The molecule has 1 aromatic carbocycles. The maximum absolute atomic E-state index is 11.8. The number of hydrogen-bond donors (Lipinski definition) is 1. The van der Waals surface area contributed by atoms with E-state index in [1.807, 2.05) is 0 Å². The first kappa shape index (κ1) is 22.0. The average Bonchev–Trinajstić information content (AvgIpc) is 2.66. The second-order valence-electron chi connectivity index (χ2n) is 5.94. The third kappa shape index (κ3) is 9.89. The van der Waals surface area contributed by atoms with Crippen molar-refractivity contribution < 1.29 is 23.9 Å². The molecule has 6 heteroatoms. The highest BCUT2D eigenvalue weighted by Gasteiger charge is 2.04. The Labute approximate surface area is 159 Å². The number of carbonyl (C=O) groups excluding carboxylic acids is 4. The third-order valence-electron chi connectivity index (χ3n) is 3.65. The van der Waals surface area contributed by atoms with E-state index in [9.17, 15) is 19.2 Å². The third-order valence-corrected chi connectivity index (χ3v) is 3.65. The molecule has 0 bridgehead atoms. The van der Waals surface area contributed by atoms with Crippen LogP contribution in [0.1, 0.15) is 38.2 Å². The maximum atomic E-state index is 11.8. The number of carbonyl (C=O) groups is 4. The van der Waals surface area contributed by atoms with Crippen LogP contribution in [0.15, 0.2) is 48.6 Å². The lowest BCUT2D eigenvalue weighted by Gasteiger charge is -2.04. The highest BCUT2D eigenvalue weighted by molar-refractivity contribution is 6.04. The molecule has 0 unspecified atom stereocenters. The van der Waals surface area contributed by atoms with Gasteiger partial charge in [-0.15, -0.1) is 0 Å². The summed E-state index contributed by atoms with van der Waals surface area (Å²) in [6, 6.07) is 6.75. The number of amides is 1. The Morgan fingerprint density at radius 2 is 1.59 bits per heavy atom. The Balaban J connectivity index is 2.48. The van der Waals surface area contributed by atoms with Gasteiger partial charge in [0.25, 0.3) is 0 Å². The maximum Gasteiger partial charge on any atom is 0.330 e. The fourth-order valence-electron chi connectivity index (χ4n) is 2.18. The SMILES string of the molecule is CCCCCC(=O)/C=C\C(=O)Nc1ccc(CC(=O)/C=C\C(=O)OC)cc1. The minimum absolute atomic E-state index is 0.0625. The number of allylic oxidation sites excluding steroid dienone is 2. The molecule has 1 N–H and O–H groups in total. The number of ether oxygens (including phenoxy) is 1. The molecule has 144 valence electrons. The molecule has 0 fully saturated rings. The summed E-state index contributed by atoms with van der Waals surface area (Å²) in [4.78, 5) is 46.1. The number of methoxy groups -OCH3 is 1. The number of ketones is 2. The number of esters is 1. The smallest absolute Gasteiger partial charge is 0.330 e. The van der Waals surface area contributed by atoms with Crippen LogP contribution in [0.3, 0.4) is 0 Å². The summed E-state index contributed by atoms with van der Waals surface area (Å²) in [6.45, 7) is 2.06. The minimum atomic E-state index is -0.585. The average molecular weight is 371 g/mol. The van der Waals surface area contributed by atoms with Gasteiger partial charge in [-0.3, -0.25) is 14.4 Å². The lowest BCUT2D eigenvalue weighted by Crippen LogP contribution is -2.09. The molecular formula is C21H25NO5. The van der Waals surface area contributed by atoms with E-state index in [1.54, 1.807) is 24.3 Å². The van der Waals surface area contributed by atoms with Crippen molar-refractivity contribution in [2.75, 3.05) is 12.4 Å². The van der Waals surface area contributed by atoms with Gasteiger partial charge in [-0.05, 0) is 36.3 Å². The van der Waals surface area contributed by atoms with Gasteiger partial charge in [0.1, 0.15) is 0 Å². The Morgan fingerprint density at radius 1 is 0.926 bits per heavy atom. The Bertz CT molecular complexity index is 717. The van der Waals surface area contributed by atoms with Crippen molar-refractivity contribution in [1.82, 2.24) is 0 Å². The van der Waals surface area contributed by atoms with Crippen molar-refractivity contribution in [3.63, 3.8) is 0 Å². The van der Waals surface area contributed by atoms with Crippen LogP contribution < -0.4 is 5.32 Å². The number of hydrogen-bond acceptors (Lipinski definition) is 5. The van der Waals surface area contributed by atoms with Gasteiger partial charge in [0.15, 0.2) is 11.6 Å². The van der Waals surface area contributed by atoms with Crippen molar-refractivity contribution in [2.24, 2.45) is 0 Å². The zero-order chi connectivity index (χ0) is 20.1. The lowest BCUT2D eigenvalue weighted by atomic mass is 10.1. The molecular weight excluding hydrogens is 346 g/mol. The Kier molecular flexibility index (Phi) is 10.1.